The van der Waals surface area contributed by atoms with Gasteiger partial charge < -0.3 is 9.47 Å². The smallest absolute Gasteiger partial charge is 0.315 e. The highest BCUT2D eigenvalue weighted by atomic mass is 32.1. The second-order valence-corrected chi connectivity index (χ2v) is 5.74. The van der Waals surface area contributed by atoms with Gasteiger partial charge in [0, 0.05) is 11.6 Å². The first kappa shape index (κ1) is 18.3. The Kier molecular flexibility index (Phi) is 5.57. The van der Waals surface area contributed by atoms with Gasteiger partial charge in [0.15, 0.2) is 5.75 Å². The van der Waals surface area contributed by atoms with Crippen molar-refractivity contribution in [2.24, 2.45) is 5.10 Å². The van der Waals surface area contributed by atoms with Gasteiger partial charge in [0.05, 0.1) is 18.2 Å². The molecule has 0 atom stereocenters. The highest BCUT2D eigenvalue weighted by Gasteiger charge is 2.22. The SMILES string of the molecule is COc1cc(/C=N\n2cn[nH]c2=S)cc([N+](=O)[O-])c1OCc1ccccc1. The van der Waals surface area contributed by atoms with Crippen LogP contribution in [0.2, 0.25) is 0 Å². The summed E-state index contributed by atoms with van der Waals surface area (Å²) in [4.78, 5) is 11.0. The number of nitro benzene ring substituents is 1. The lowest BCUT2D eigenvalue weighted by Gasteiger charge is -2.12. The normalized spacial score (nSPS) is 10.9. The van der Waals surface area contributed by atoms with Crippen molar-refractivity contribution >= 4 is 24.1 Å². The molecule has 9 nitrogen and oxygen atoms in total. The van der Waals surface area contributed by atoms with Gasteiger partial charge in [0.2, 0.25) is 10.5 Å². The van der Waals surface area contributed by atoms with Crippen LogP contribution in [-0.4, -0.2) is 33.1 Å². The van der Waals surface area contributed by atoms with E-state index in [-0.39, 0.29) is 23.8 Å². The van der Waals surface area contributed by atoms with Crippen molar-refractivity contribution < 1.29 is 14.4 Å². The molecular formula is C17H15N5O4S. The number of aromatic nitrogens is 3. The molecule has 0 saturated heterocycles. The molecule has 0 bridgehead atoms. The van der Waals surface area contributed by atoms with Gasteiger partial charge in [-0.05, 0) is 23.8 Å². The van der Waals surface area contributed by atoms with E-state index in [0.717, 1.165) is 5.56 Å². The molecule has 2 aromatic carbocycles. The van der Waals surface area contributed by atoms with Crippen molar-refractivity contribution in [3.05, 3.63) is 74.8 Å². The minimum Gasteiger partial charge on any atom is -0.493 e. The molecule has 0 aliphatic carbocycles. The number of ether oxygens (including phenoxy) is 2. The van der Waals surface area contributed by atoms with Gasteiger partial charge in [-0.25, -0.2) is 0 Å². The first-order valence-corrected chi connectivity index (χ1v) is 8.19. The van der Waals surface area contributed by atoms with Gasteiger partial charge in [-0.2, -0.15) is 14.9 Å². The Balaban J connectivity index is 1.93. The summed E-state index contributed by atoms with van der Waals surface area (Å²) in [5.41, 5.74) is 1.12. The fraction of sp³-hybridized carbons (Fsp3) is 0.118. The third-order valence-corrected chi connectivity index (χ3v) is 3.85. The molecule has 1 aromatic heterocycles. The van der Waals surface area contributed by atoms with Crippen molar-refractivity contribution in [3.8, 4) is 11.5 Å². The highest BCUT2D eigenvalue weighted by molar-refractivity contribution is 7.71. The number of hydrogen-bond acceptors (Lipinski definition) is 7. The lowest BCUT2D eigenvalue weighted by Crippen LogP contribution is -2.03. The maximum Gasteiger partial charge on any atom is 0.315 e. The minimum atomic E-state index is -0.524. The van der Waals surface area contributed by atoms with Gasteiger partial charge in [-0.1, -0.05) is 30.3 Å². The molecule has 138 valence electrons. The Hall–Kier alpha value is -3.53. The van der Waals surface area contributed by atoms with Crippen molar-refractivity contribution in [3.63, 3.8) is 0 Å². The lowest BCUT2D eigenvalue weighted by molar-refractivity contribution is -0.386. The van der Waals surface area contributed by atoms with E-state index in [4.69, 9.17) is 21.7 Å². The van der Waals surface area contributed by atoms with Gasteiger partial charge >= 0.3 is 5.69 Å². The first-order valence-electron chi connectivity index (χ1n) is 7.78. The van der Waals surface area contributed by atoms with Crippen LogP contribution in [0, 0.1) is 14.9 Å². The molecule has 0 amide bonds. The molecule has 0 spiro atoms. The number of benzene rings is 2. The van der Waals surface area contributed by atoms with E-state index in [0.29, 0.717) is 10.3 Å². The average molecular weight is 385 g/mol. The maximum atomic E-state index is 11.5. The number of aromatic amines is 1. The zero-order chi connectivity index (χ0) is 19.2. The molecular weight excluding hydrogens is 370 g/mol. The number of nitrogens with zero attached hydrogens (tertiary/aromatic N) is 4. The summed E-state index contributed by atoms with van der Waals surface area (Å²) in [6, 6.07) is 12.3. The van der Waals surface area contributed by atoms with E-state index in [1.54, 1.807) is 6.07 Å². The summed E-state index contributed by atoms with van der Waals surface area (Å²) < 4.78 is 12.6. The van der Waals surface area contributed by atoms with Crippen LogP contribution in [0.15, 0.2) is 53.9 Å². The molecule has 0 radical (unpaired) electrons. The van der Waals surface area contributed by atoms with E-state index in [1.807, 2.05) is 30.3 Å². The zero-order valence-corrected chi connectivity index (χ0v) is 15.0. The quantitative estimate of drug-likeness (QED) is 0.289. The van der Waals surface area contributed by atoms with Crippen LogP contribution in [-0.2, 0) is 6.61 Å². The molecule has 0 unspecified atom stereocenters. The molecule has 27 heavy (non-hydrogen) atoms. The van der Waals surface area contributed by atoms with Gasteiger partial charge in [-0.15, -0.1) is 0 Å². The van der Waals surface area contributed by atoms with E-state index in [1.165, 1.54) is 30.4 Å². The maximum absolute atomic E-state index is 11.5. The van der Waals surface area contributed by atoms with E-state index in [9.17, 15) is 10.1 Å². The summed E-state index contributed by atoms with van der Waals surface area (Å²) in [6.45, 7) is 0.176. The van der Waals surface area contributed by atoms with E-state index < -0.39 is 4.92 Å². The zero-order valence-electron chi connectivity index (χ0n) is 14.2. The van der Waals surface area contributed by atoms with Crippen LogP contribution >= 0.6 is 12.2 Å². The molecule has 0 aliphatic heterocycles. The van der Waals surface area contributed by atoms with Gasteiger partial charge in [0.25, 0.3) is 0 Å². The number of nitrogens with one attached hydrogen (secondary N) is 1. The summed E-state index contributed by atoms with van der Waals surface area (Å²) in [6.07, 6.45) is 2.81. The minimum absolute atomic E-state index is 0.0587. The molecule has 0 fully saturated rings. The number of H-pyrrole nitrogens is 1. The molecule has 3 rings (SSSR count). The summed E-state index contributed by atoms with van der Waals surface area (Å²) in [7, 11) is 1.42. The standard InChI is InChI=1S/C17H15N5O4S/c1-25-15-8-13(9-19-21-11-18-20-17(21)27)7-14(22(23)24)16(15)26-10-12-5-3-2-4-6-12/h2-9,11H,10H2,1H3,(H,20,27)/b19-9-. The second kappa shape index (κ2) is 8.23. The van der Waals surface area contributed by atoms with Crippen molar-refractivity contribution in [2.75, 3.05) is 7.11 Å². The van der Waals surface area contributed by atoms with Crippen molar-refractivity contribution in [2.45, 2.75) is 6.61 Å². The predicted octanol–water partition coefficient (Wildman–Crippen LogP) is 3.32. The molecule has 0 saturated carbocycles. The van der Waals surface area contributed by atoms with Crippen molar-refractivity contribution in [1.82, 2.24) is 14.9 Å². The number of rotatable bonds is 7. The first-order chi connectivity index (χ1) is 13.1. The fourth-order valence-corrected chi connectivity index (χ4v) is 2.45. The van der Waals surface area contributed by atoms with E-state index in [2.05, 4.69) is 15.3 Å². The van der Waals surface area contributed by atoms with Crippen LogP contribution < -0.4 is 9.47 Å². The number of nitro groups is 1. The predicted molar refractivity (Wildman–Crippen MR) is 101 cm³/mol. The molecule has 1 heterocycles. The summed E-state index contributed by atoms with van der Waals surface area (Å²) in [5, 5.41) is 21.9. The van der Waals surface area contributed by atoms with Crippen LogP contribution in [0.1, 0.15) is 11.1 Å². The summed E-state index contributed by atoms with van der Waals surface area (Å²) >= 11 is 5.00. The Morgan fingerprint density at radius 1 is 1.37 bits per heavy atom. The average Bonchev–Trinajstić information content (AvgIpc) is 3.10. The number of hydrogen-bond donors (Lipinski definition) is 1. The topological polar surface area (TPSA) is 108 Å². The van der Waals surface area contributed by atoms with Crippen LogP contribution in [0.5, 0.6) is 11.5 Å². The molecule has 10 heteroatoms. The third kappa shape index (κ3) is 4.36. The fourth-order valence-electron chi connectivity index (χ4n) is 2.30. The van der Waals surface area contributed by atoms with Gasteiger partial charge in [-0.3, -0.25) is 15.2 Å². The lowest BCUT2D eigenvalue weighted by atomic mass is 10.1. The van der Waals surface area contributed by atoms with Crippen molar-refractivity contribution in [1.29, 1.82) is 0 Å². The Morgan fingerprint density at radius 2 is 2.15 bits per heavy atom. The van der Waals surface area contributed by atoms with Crippen LogP contribution in [0.4, 0.5) is 5.69 Å². The van der Waals surface area contributed by atoms with Crippen LogP contribution in [0.3, 0.4) is 0 Å². The molecule has 3 aromatic rings. The largest absolute Gasteiger partial charge is 0.493 e. The molecule has 1 N–H and O–H groups in total. The highest BCUT2D eigenvalue weighted by Crippen LogP contribution is 2.38. The number of methoxy groups -OCH3 is 1. The van der Waals surface area contributed by atoms with Crippen LogP contribution in [0.25, 0.3) is 0 Å². The second-order valence-electron chi connectivity index (χ2n) is 5.35. The third-order valence-electron chi connectivity index (χ3n) is 3.57. The van der Waals surface area contributed by atoms with Gasteiger partial charge in [0.1, 0.15) is 12.9 Å². The van der Waals surface area contributed by atoms with E-state index >= 15 is 0 Å². The Bertz CT molecular complexity index is 1030. The molecule has 0 aliphatic rings. The Morgan fingerprint density at radius 3 is 2.78 bits per heavy atom. The monoisotopic (exact) mass is 385 g/mol. The Labute approximate surface area is 159 Å². The summed E-state index contributed by atoms with van der Waals surface area (Å²) in [5.74, 6) is 0.292.